The summed E-state index contributed by atoms with van der Waals surface area (Å²) in [4.78, 5) is 8.56. The van der Waals surface area contributed by atoms with E-state index < -0.39 is 0 Å². The van der Waals surface area contributed by atoms with Crippen LogP contribution in [0.3, 0.4) is 0 Å². The first-order chi connectivity index (χ1) is 5.69. The van der Waals surface area contributed by atoms with Crippen LogP contribution in [0.5, 0.6) is 0 Å². The number of rotatable bonds is 2. The molecule has 5 heteroatoms. The van der Waals surface area contributed by atoms with Crippen LogP contribution < -0.4 is 0 Å². The molecular weight excluding hydrogens is 215 g/mol. The Morgan fingerprint density at radius 2 is 2.08 bits per heavy atom. The smallest absolute Gasteiger partial charge is 0.217 e. The van der Waals surface area contributed by atoms with Crippen molar-refractivity contribution in [2.75, 3.05) is 6.26 Å². The number of aromatic nitrogens is 2. The predicted octanol–water partition coefficient (Wildman–Crippen LogP) is 3.15. The lowest BCUT2D eigenvalue weighted by Crippen LogP contribution is -1.91. The maximum atomic E-state index is 5.81. The predicted molar refractivity (Wildman–Crippen MR) is 53.9 cm³/mol. The molecule has 0 bridgehead atoms. The number of hydrogen-bond donors (Lipinski definition) is 0. The molecular formula is C7H6Cl2N2S. The van der Waals surface area contributed by atoms with Crippen molar-refractivity contribution in [1.82, 2.24) is 9.97 Å². The number of nitrogens with zero attached hydrogens (tertiary/aromatic N) is 2. The number of hydrogen-bond acceptors (Lipinski definition) is 3. The zero-order valence-corrected chi connectivity index (χ0v) is 8.67. The molecule has 12 heavy (non-hydrogen) atoms. The van der Waals surface area contributed by atoms with Crippen molar-refractivity contribution in [3.8, 4) is 0 Å². The van der Waals surface area contributed by atoms with Gasteiger partial charge in [0.25, 0.3) is 0 Å². The molecule has 1 rings (SSSR count). The second-order valence-corrected chi connectivity index (χ2v) is 3.42. The SMILES string of the molecule is C=Cc1nc(Cl)nc(Cl)c1SC. The van der Waals surface area contributed by atoms with Crippen LogP contribution in [-0.2, 0) is 0 Å². The van der Waals surface area contributed by atoms with E-state index in [1.54, 1.807) is 6.08 Å². The maximum absolute atomic E-state index is 5.81. The molecule has 1 aromatic rings. The van der Waals surface area contributed by atoms with Gasteiger partial charge in [-0.3, -0.25) is 0 Å². The van der Waals surface area contributed by atoms with E-state index >= 15 is 0 Å². The molecule has 0 atom stereocenters. The molecule has 64 valence electrons. The molecule has 0 saturated heterocycles. The van der Waals surface area contributed by atoms with Crippen molar-refractivity contribution < 1.29 is 0 Å². The standard InChI is InChI=1S/C7H6Cl2N2S/c1-3-4-5(12-2)6(8)11-7(9)10-4/h3H,1H2,2H3. The second kappa shape index (κ2) is 4.12. The van der Waals surface area contributed by atoms with Gasteiger partial charge < -0.3 is 0 Å². The fourth-order valence-corrected chi connectivity index (χ4v) is 1.92. The van der Waals surface area contributed by atoms with Gasteiger partial charge in [-0.05, 0) is 23.9 Å². The Labute approximate surface area is 85.0 Å². The monoisotopic (exact) mass is 220 g/mol. The van der Waals surface area contributed by atoms with Crippen molar-refractivity contribution in [3.63, 3.8) is 0 Å². The van der Waals surface area contributed by atoms with Gasteiger partial charge in [0, 0.05) is 0 Å². The first-order valence-corrected chi connectivity index (χ1v) is 5.06. The third-order valence-corrected chi connectivity index (χ3v) is 2.59. The van der Waals surface area contributed by atoms with Crippen molar-refractivity contribution in [2.45, 2.75) is 4.90 Å². The minimum atomic E-state index is 0.146. The van der Waals surface area contributed by atoms with E-state index in [4.69, 9.17) is 23.2 Å². The lowest BCUT2D eigenvalue weighted by Gasteiger charge is -2.03. The van der Waals surface area contributed by atoms with E-state index in [1.165, 1.54) is 11.8 Å². The van der Waals surface area contributed by atoms with Crippen molar-refractivity contribution in [3.05, 3.63) is 22.7 Å². The molecule has 0 unspecified atom stereocenters. The molecule has 0 aliphatic heterocycles. The summed E-state index contributed by atoms with van der Waals surface area (Å²) in [5.74, 6) is 0. The fraction of sp³-hybridized carbons (Fsp3) is 0.143. The van der Waals surface area contributed by atoms with Gasteiger partial charge in [0.1, 0.15) is 5.15 Å². The Bertz CT molecular complexity index is 315. The molecule has 0 fully saturated rings. The second-order valence-electron chi connectivity index (χ2n) is 1.91. The molecule has 0 spiro atoms. The zero-order valence-electron chi connectivity index (χ0n) is 6.34. The third kappa shape index (κ3) is 1.91. The molecule has 0 saturated carbocycles. The first kappa shape index (κ1) is 9.84. The van der Waals surface area contributed by atoms with E-state index in [0.717, 1.165) is 4.90 Å². The topological polar surface area (TPSA) is 25.8 Å². The molecule has 0 aromatic carbocycles. The van der Waals surface area contributed by atoms with E-state index in [1.807, 2.05) is 6.26 Å². The molecule has 0 radical (unpaired) electrons. The lowest BCUT2D eigenvalue weighted by molar-refractivity contribution is 1.08. The van der Waals surface area contributed by atoms with Gasteiger partial charge in [-0.1, -0.05) is 18.2 Å². The Hall–Kier alpha value is -0.250. The minimum absolute atomic E-state index is 0.146. The lowest BCUT2D eigenvalue weighted by atomic mass is 10.4. The highest BCUT2D eigenvalue weighted by molar-refractivity contribution is 7.98. The quantitative estimate of drug-likeness (QED) is 0.435. The van der Waals surface area contributed by atoms with E-state index in [0.29, 0.717) is 10.8 Å². The number of halogens is 2. The van der Waals surface area contributed by atoms with Crippen LogP contribution in [-0.4, -0.2) is 16.2 Å². The summed E-state index contributed by atoms with van der Waals surface area (Å²) in [5.41, 5.74) is 0.674. The Morgan fingerprint density at radius 3 is 2.58 bits per heavy atom. The van der Waals surface area contributed by atoms with Gasteiger partial charge in [0.05, 0.1) is 10.6 Å². The van der Waals surface area contributed by atoms with E-state index in [2.05, 4.69) is 16.5 Å². The average Bonchev–Trinajstić information content (AvgIpc) is 2.03. The zero-order chi connectivity index (χ0) is 9.14. The van der Waals surface area contributed by atoms with E-state index in [-0.39, 0.29) is 5.28 Å². The van der Waals surface area contributed by atoms with Crippen molar-refractivity contribution in [2.24, 2.45) is 0 Å². The molecule has 2 nitrogen and oxygen atoms in total. The largest absolute Gasteiger partial charge is 0.224 e. The van der Waals surface area contributed by atoms with Gasteiger partial charge in [0.2, 0.25) is 5.28 Å². The molecule has 1 heterocycles. The summed E-state index contributed by atoms with van der Waals surface area (Å²) in [7, 11) is 0. The summed E-state index contributed by atoms with van der Waals surface area (Å²) in [6, 6.07) is 0. The average molecular weight is 221 g/mol. The Kier molecular flexibility index (Phi) is 3.38. The van der Waals surface area contributed by atoms with Crippen LogP contribution in [0.2, 0.25) is 10.4 Å². The van der Waals surface area contributed by atoms with Crippen LogP contribution in [0.1, 0.15) is 5.69 Å². The minimum Gasteiger partial charge on any atom is -0.217 e. The van der Waals surface area contributed by atoms with Crippen LogP contribution >= 0.6 is 35.0 Å². The summed E-state index contributed by atoms with van der Waals surface area (Å²) in [6.07, 6.45) is 3.50. The first-order valence-electron chi connectivity index (χ1n) is 3.08. The van der Waals surface area contributed by atoms with Gasteiger partial charge >= 0.3 is 0 Å². The number of thioether (sulfide) groups is 1. The molecule has 0 aliphatic rings. The van der Waals surface area contributed by atoms with Gasteiger partial charge in [-0.15, -0.1) is 11.8 Å². The van der Waals surface area contributed by atoms with Crippen LogP contribution in [0, 0.1) is 0 Å². The fourth-order valence-electron chi connectivity index (χ4n) is 0.740. The molecule has 0 amide bonds. The summed E-state index contributed by atoms with van der Waals surface area (Å²) < 4.78 is 0. The highest BCUT2D eigenvalue weighted by Gasteiger charge is 2.08. The Balaban J connectivity index is 3.33. The molecule has 0 aliphatic carbocycles. The summed E-state index contributed by atoms with van der Waals surface area (Å²) >= 11 is 12.9. The van der Waals surface area contributed by atoms with E-state index in [9.17, 15) is 0 Å². The van der Waals surface area contributed by atoms with Crippen LogP contribution in [0.15, 0.2) is 11.5 Å². The normalized spacial score (nSPS) is 9.92. The summed E-state index contributed by atoms with van der Waals surface area (Å²) in [6.45, 7) is 3.60. The third-order valence-electron chi connectivity index (χ3n) is 1.22. The van der Waals surface area contributed by atoms with Gasteiger partial charge in [-0.25, -0.2) is 9.97 Å². The Morgan fingerprint density at radius 1 is 1.42 bits per heavy atom. The summed E-state index contributed by atoms with van der Waals surface area (Å²) in [5, 5.41) is 0.519. The van der Waals surface area contributed by atoms with Crippen molar-refractivity contribution >= 4 is 41.0 Å². The van der Waals surface area contributed by atoms with Crippen LogP contribution in [0.4, 0.5) is 0 Å². The van der Waals surface area contributed by atoms with Crippen molar-refractivity contribution in [1.29, 1.82) is 0 Å². The van der Waals surface area contributed by atoms with Crippen LogP contribution in [0.25, 0.3) is 6.08 Å². The highest BCUT2D eigenvalue weighted by Crippen LogP contribution is 2.27. The van der Waals surface area contributed by atoms with Gasteiger partial charge in [-0.2, -0.15) is 0 Å². The maximum Gasteiger partial charge on any atom is 0.224 e. The van der Waals surface area contributed by atoms with Gasteiger partial charge in [0.15, 0.2) is 0 Å². The highest BCUT2D eigenvalue weighted by atomic mass is 35.5. The molecule has 1 aromatic heterocycles. The molecule has 0 N–H and O–H groups in total.